The molecule has 0 atom stereocenters. The first-order valence-electron chi connectivity index (χ1n) is 10.6. The lowest BCUT2D eigenvalue weighted by molar-refractivity contribution is 0.635. The van der Waals surface area contributed by atoms with Gasteiger partial charge in [0.1, 0.15) is 4.83 Å². The van der Waals surface area contributed by atoms with E-state index in [9.17, 15) is 0 Å². The summed E-state index contributed by atoms with van der Waals surface area (Å²) in [6.07, 6.45) is 3.58. The predicted molar refractivity (Wildman–Crippen MR) is 113 cm³/mol. The maximum atomic E-state index is 8.09. The normalized spacial score (nSPS) is 13.9. The molecule has 4 rings (SSSR count). The molecule has 0 aliphatic heterocycles. The molecule has 132 valence electrons. The third kappa shape index (κ3) is 2.80. The van der Waals surface area contributed by atoms with Gasteiger partial charge in [-0.05, 0) is 61.9 Å². The van der Waals surface area contributed by atoms with Crippen molar-refractivity contribution in [1.82, 2.24) is 9.97 Å². The molecule has 0 N–H and O–H groups in total. The quantitative estimate of drug-likeness (QED) is 0.389. The van der Waals surface area contributed by atoms with Crippen LogP contribution in [0.25, 0.3) is 31.6 Å². The molecule has 3 heteroatoms. The van der Waals surface area contributed by atoms with E-state index >= 15 is 0 Å². The molecule has 3 aromatic heterocycles. The Bertz CT molecular complexity index is 1190. The van der Waals surface area contributed by atoms with Crippen LogP contribution in [0.2, 0.25) is 0 Å². The summed E-state index contributed by atoms with van der Waals surface area (Å²) >= 11 is 1.64. The maximum absolute atomic E-state index is 8.09. The molecule has 0 aliphatic rings. The molecule has 3 heterocycles. The van der Waals surface area contributed by atoms with Gasteiger partial charge in [0.15, 0.2) is 0 Å². The highest BCUT2D eigenvalue weighted by atomic mass is 32.1. The third-order valence-electron chi connectivity index (χ3n) is 5.14. The van der Waals surface area contributed by atoms with E-state index in [1.807, 2.05) is 25.1 Å². The fraction of sp³-hybridized carbons (Fsp3) is 0.304. The van der Waals surface area contributed by atoms with Gasteiger partial charge in [-0.15, -0.1) is 11.3 Å². The molecule has 2 nitrogen and oxygen atoms in total. The van der Waals surface area contributed by atoms with Crippen molar-refractivity contribution < 1.29 is 4.11 Å². The number of aromatic nitrogens is 2. The molecule has 0 saturated carbocycles. The molecule has 0 unspecified atom stereocenters. The minimum absolute atomic E-state index is 0.208. The van der Waals surface area contributed by atoms with Gasteiger partial charge in [-0.25, -0.2) is 4.98 Å². The van der Waals surface area contributed by atoms with E-state index in [1.54, 1.807) is 23.6 Å². The smallest absolute Gasteiger partial charge is 0.124 e. The van der Waals surface area contributed by atoms with Gasteiger partial charge in [-0.1, -0.05) is 32.0 Å². The van der Waals surface area contributed by atoms with E-state index in [1.165, 1.54) is 0 Å². The highest BCUT2D eigenvalue weighted by Gasteiger charge is 2.15. The van der Waals surface area contributed by atoms with Crippen LogP contribution in [0.5, 0.6) is 0 Å². The highest BCUT2D eigenvalue weighted by Crippen LogP contribution is 2.39. The van der Waals surface area contributed by atoms with Gasteiger partial charge in [0.25, 0.3) is 0 Å². The Kier molecular flexibility index (Phi) is 3.63. The van der Waals surface area contributed by atoms with Gasteiger partial charge >= 0.3 is 0 Å². The van der Waals surface area contributed by atoms with Crippen LogP contribution in [-0.2, 0) is 0 Å². The minimum atomic E-state index is -2.16. The van der Waals surface area contributed by atoms with Crippen LogP contribution in [0.15, 0.2) is 42.6 Å². The fourth-order valence-corrected chi connectivity index (χ4v) is 4.88. The zero-order valence-corrected chi connectivity index (χ0v) is 16.2. The molecular formula is C23H24N2S. The average molecular weight is 364 g/mol. The van der Waals surface area contributed by atoms with Crippen molar-refractivity contribution >= 4 is 31.6 Å². The van der Waals surface area contributed by atoms with E-state index in [2.05, 4.69) is 31.0 Å². The zero-order valence-electron chi connectivity index (χ0n) is 18.3. The van der Waals surface area contributed by atoms with Crippen LogP contribution in [0.1, 0.15) is 53.5 Å². The number of nitrogens with zero attached hydrogens (tertiary/aromatic N) is 2. The monoisotopic (exact) mass is 363 g/mol. The average Bonchev–Trinajstić information content (AvgIpc) is 3.06. The zero-order chi connectivity index (χ0) is 20.8. The van der Waals surface area contributed by atoms with Crippen LogP contribution >= 0.6 is 11.3 Å². The van der Waals surface area contributed by atoms with Crippen molar-refractivity contribution in [3.05, 3.63) is 59.4 Å². The van der Waals surface area contributed by atoms with E-state index in [4.69, 9.17) is 9.10 Å². The number of aryl methyl sites for hydroxylation is 2. The first-order valence-corrected chi connectivity index (χ1v) is 9.94. The topological polar surface area (TPSA) is 25.8 Å². The number of pyridine rings is 2. The summed E-state index contributed by atoms with van der Waals surface area (Å²) in [6.45, 7) is 4.02. The Labute approximate surface area is 163 Å². The van der Waals surface area contributed by atoms with Crippen LogP contribution in [0.3, 0.4) is 0 Å². The Balaban J connectivity index is 1.95. The lowest BCUT2D eigenvalue weighted by Gasteiger charge is -2.16. The first-order chi connectivity index (χ1) is 13.8. The molecule has 0 amide bonds. The van der Waals surface area contributed by atoms with E-state index in [0.717, 1.165) is 50.0 Å². The molecule has 0 aliphatic carbocycles. The molecule has 26 heavy (non-hydrogen) atoms. The summed E-state index contributed by atoms with van der Waals surface area (Å²) in [5.41, 5.74) is 3.93. The standard InChI is InChI=1S/C23H24N2S/c1-5-16(6-2)20-13-24-21(12-14(20)3)19-9-7-8-17-18-11-10-15(4)25-23(18)26-22(17)19/h7-13,16H,5-6H2,1-4H3/i3D3. The number of rotatable bonds is 4. The number of fused-ring (bicyclic) bond motifs is 3. The van der Waals surface area contributed by atoms with Crippen molar-refractivity contribution in [2.75, 3.05) is 0 Å². The largest absolute Gasteiger partial charge is 0.256 e. The van der Waals surface area contributed by atoms with Crippen LogP contribution < -0.4 is 0 Å². The Morgan fingerprint density at radius 1 is 1.12 bits per heavy atom. The molecule has 0 fully saturated rings. The van der Waals surface area contributed by atoms with Gasteiger partial charge in [-0.2, -0.15) is 0 Å². The maximum Gasteiger partial charge on any atom is 0.124 e. The summed E-state index contributed by atoms with van der Waals surface area (Å²) in [5, 5.41) is 2.26. The van der Waals surface area contributed by atoms with Crippen LogP contribution in [0, 0.1) is 13.8 Å². The van der Waals surface area contributed by atoms with E-state index < -0.39 is 6.85 Å². The number of hydrogen-bond acceptors (Lipinski definition) is 3. The lowest BCUT2D eigenvalue weighted by Crippen LogP contribution is -2.00. The number of thiophene rings is 1. The van der Waals surface area contributed by atoms with Crippen LogP contribution in [0.4, 0.5) is 0 Å². The molecule has 1 aromatic carbocycles. The molecule has 0 radical (unpaired) electrons. The summed E-state index contributed by atoms with van der Waals surface area (Å²) in [5.74, 6) is 0.208. The van der Waals surface area contributed by atoms with Gasteiger partial charge in [0.05, 0.1) is 5.69 Å². The second-order valence-electron chi connectivity index (χ2n) is 6.76. The second kappa shape index (κ2) is 6.81. The summed E-state index contributed by atoms with van der Waals surface area (Å²) in [4.78, 5) is 10.4. The summed E-state index contributed by atoms with van der Waals surface area (Å²) in [6, 6.07) is 12.0. The van der Waals surface area contributed by atoms with E-state index in [0.29, 0.717) is 11.3 Å². The van der Waals surface area contributed by atoms with Crippen molar-refractivity contribution in [1.29, 1.82) is 0 Å². The molecule has 0 saturated heterocycles. The fourth-order valence-electron chi connectivity index (χ4n) is 3.64. The van der Waals surface area contributed by atoms with Gasteiger partial charge in [0.2, 0.25) is 0 Å². The molecular weight excluding hydrogens is 336 g/mol. The number of hydrogen-bond donors (Lipinski definition) is 0. The lowest BCUT2D eigenvalue weighted by atomic mass is 9.91. The third-order valence-corrected chi connectivity index (χ3v) is 6.29. The molecule has 0 spiro atoms. The predicted octanol–water partition coefficient (Wildman–Crippen LogP) is 7.03. The van der Waals surface area contributed by atoms with E-state index in [-0.39, 0.29) is 5.92 Å². The Morgan fingerprint density at radius 3 is 2.73 bits per heavy atom. The SMILES string of the molecule is [2H]C([2H])([2H])c1cc(-c2cccc3c2sc2nc(C)ccc23)ncc1C(CC)CC. The van der Waals surface area contributed by atoms with Crippen molar-refractivity contribution in [2.45, 2.75) is 46.4 Å². The van der Waals surface area contributed by atoms with Gasteiger partial charge in [-0.3, -0.25) is 4.98 Å². The van der Waals surface area contributed by atoms with Gasteiger partial charge in [0, 0.05) is 37.0 Å². The second-order valence-corrected chi connectivity index (χ2v) is 7.76. The first kappa shape index (κ1) is 13.9. The highest BCUT2D eigenvalue weighted by molar-refractivity contribution is 7.26. The minimum Gasteiger partial charge on any atom is -0.256 e. The summed E-state index contributed by atoms with van der Waals surface area (Å²) in [7, 11) is 0. The number of benzene rings is 1. The van der Waals surface area contributed by atoms with Crippen molar-refractivity contribution in [2.24, 2.45) is 0 Å². The van der Waals surface area contributed by atoms with Crippen LogP contribution in [-0.4, -0.2) is 9.97 Å². The summed E-state index contributed by atoms with van der Waals surface area (Å²) < 4.78 is 25.4. The molecule has 4 aromatic rings. The Morgan fingerprint density at radius 2 is 1.96 bits per heavy atom. The van der Waals surface area contributed by atoms with Crippen molar-refractivity contribution in [3.8, 4) is 11.3 Å². The Hall–Kier alpha value is -2.26. The molecule has 0 bridgehead atoms. The van der Waals surface area contributed by atoms with Gasteiger partial charge < -0.3 is 0 Å². The van der Waals surface area contributed by atoms with Crippen molar-refractivity contribution in [3.63, 3.8) is 0 Å².